The summed E-state index contributed by atoms with van der Waals surface area (Å²) in [7, 11) is 0. The van der Waals surface area contributed by atoms with Crippen LogP contribution in [0.2, 0.25) is 0 Å². The van der Waals surface area contributed by atoms with Crippen molar-refractivity contribution in [2.75, 3.05) is 18.9 Å². The van der Waals surface area contributed by atoms with Crippen LogP contribution in [0.1, 0.15) is 25.8 Å². The van der Waals surface area contributed by atoms with Crippen LogP contribution in [0.25, 0.3) is 11.5 Å². The predicted molar refractivity (Wildman–Crippen MR) is 93.9 cm³/mol. The van der Waals surface area contributed by atoms with Crippen LogP contribution in [-0.4, -0.2) is 41.1 Å². The van der Waals surface area contributed by atoms with Gasteiger partial charge in [-0.2, -0.15) is 0 Å². The summed E-state index contributed by atoms with van der Waals surface area (Å²) in [6.45, 7) is 7.25. The summed E-state index contributed by atoms with van der Waals surface area (Å²) in [5.41, 5.74) is 2.04. The number of ether oxygens (including phenoxy) is 1. The van der Waals surface area contributed by atoms with Gasteiger partial charge < -0.3 is 14.5 Å². The highest BCUT2D eigenvalue weighted by Gasteiger charge is 2.11. The first-order chi connectivity index (χ1) is 11.5. The van der Waals surface area contributed by atoms with Crippen LogP contribution in [-0.2, 0) is 9.53 Å². The lowest BCUT2D eigenvalue weighted by molar-refractivity contribution is -0.118. The fourth-order valence-electron chi connectivity index (χ4n) is 1.88. The third-order valence-electron chi connectivity index (χ3n) is 3.13. The number of amides is 1. The highest BCUT2D eigenvalue weighted by molar-refractivity contribution is 7.99. The number of aromatic nitrogens is 2. The third-order valence-corrected chi connectivity index (χ3v) is 3.94. The quantitative estimate of drug-likeness (QED) is 0.554. The van der Waals surface area contributed by atoms with E-state index in [9.17, 15) is 4.79 Å². The second-order valence-corrected chi connectivity index (χ2v) is 6.58. The zero-order chi connectivity index (χ0) is 17.4. The molecule has 0 unspecified atom stereocenters. The number of rotatable bonds is 9. The van der Waals surface area contributed by atoms with Gasteiger partial charge in [-0.3, -0.25) is 4.79 Å². The number of hydrogen-bond acceptors (Lipinski definition) is 6. The molecule has 1 aromatic carbocycles. The van der Waals surface area contributed by atoms with Crippen LogP contribution in [0.4, 0.5) is 0 Å². The van der Waals surface area contributed by atoms with Gasteiger partial charge in [-0.25, -0.2) is 0 Å². The van der Waals surface area contributed by atoms with E-state index in [4.69, 9.17) is 9.15 Å². The Bertz CT molecular complexity index is 641. The minimum absolute atomic E-state index is 0.0559. The highest BCUT2D eigenvalue weighted by Crippen LogP contribution is 2.23. The summed E-state index contributed by atoms with van der Waals surface area (Å²) in [4.78, 5) is 11.8. The Morgan fingerprint density at radius 3 is 2.75 bits per heavy atom. The van der Waals surface area contributed by atoms with Gasteiger partial charge in [0.1, 0.15) is 0 Å². The van der Waals surface area contributed by atoms with E-state index in [0.29, 0.717) is 24.3 Å². The van der Waals surface area contributed by atoms with Crippen LogP contribution in [0, 0.1) is 6.92 Å². The molecule has 1 aromatic heterocycles. The van der Waals surface area contributed by atoms with E-state index >= 15 is 0 Å². The number of thioether (sulfide) groups is 1. The Hall–Kier alpha value is -1.86. The number of carbonyl (C=O) groups excluding carboxylic acids is 1. The Labute approximate surface area is 146 Å². The predicted octanol–water partition coefficient (Wildman–Crippen LogP) is 3.07. The average molecular weight is 349 g/mol. The first-order valence-corrected chi connectivity index (χ1v) is 8.95. The van der Waals surface area contributed by atoms with E-state index < -0.39 is 0 Å². The third kappa shape index (κ3) is 6.33. The van der Waals surface area contributed by atoms with E-state index in [-0.39, 0.29) is 17.8 Å². The van der Waals surface area contributed by atoms with E-state index in [2.05, 4.69) is 15.5 Å². The molecule has 0 aliphatic rings. The molecule has 0 spiro atoms. The lowest BCUT2D eigenvalue weighted by Crippen LogP contribution is -2.27. The normalized spacial score (nSPS) is 11.0. The summed E-state index contributed by atoms with van der Waals surface area (Å²) < 4.78 is 11.0. The zero-order valence-corrected chi connectivity index (χ0v) is 15.1. The maximum Gasteiger partial charge on any atom is 0.277 e. The zero-order valence-electron chi connectivity index (χ0n) is 14.2. The topological polar surface area (TPSA) is 77.2 Å². The van der Waals surface area contributed by atoms with Gasteiger partial charge in [-0.05, 0) is 39.3 Å². The average Bonchev–Trinajstić information content (AvgIpc) is 3.02. The van der Waals surface area contributed by atoms with Gasteiger partial charge in [0.2, 0.25) is 11.8 Å². The van der Waals surface area contributed by atoms with Crippen molar-refractivity contribution in [3.63, 3.8) is 0 Å². The molecular weight excluding hydrogens is 326 g/mol. The number of carbonyl (C=O) groups is 1. The molecule has 6 nitrogen and oxygen atoms in total. The summed E-state index contributed by atoms with van der Waals surface area (Å²) >= 11 is 1.23. The molecule has 0 aliphatic heterocycles. The van der Waals surface area contributed by atoms with E-state index in [1.54, 1.807) is 0 Å². The second-order valence-electron chi connectivity index (χ2n) is 5.65. The lowest BCUT2D eigenvalue weighted by Gasteiger charge is -2.07. The first kappa shape index (κ1) is 18.5. The molecule has 0 atom stereocenters. The SMILES string of the molecule is Cc1ccc(-c2nnc(SCC(=O)NCCCOC(C)C)o2)cc1. The van der Waals surface area contributed by atoms with Crippen molar-refractivity contribution in [1.82, 2.24) is 15.5 Å². The molecule has 0 fully saturated rings. The molecule has 24 heavy (non-hydrogen) atoms. The Morgan fingerprint density at radius 1 is 1.29 bits per heavy atom. The lowest BCUT2D eigenvalue weighted by atomic mass is 10.1. The van der Waals surface area contributed by atoms with Crippen molar-refractivity contribution >= 4 is 17.7 Å². The number of aryl methyl sites for hydroxylation is 1. The van der Waals surface area contributed by atoms with Crippen molar-refractivity contribution in [2.24, 2.45) is 0 Å². The van der Waals surface area contributed by atoms with Crippen molar-refractivity contribution < 1.29 is 13.9 Å². The molecule has 7 heteroatoms. The van der Waals surface area contributed by atoms with Gasteiger partial charge in [-0.15, -0.1) is 10.2 Å². The number of nitrogens with one attached hydrogen (secondary N) is 1. The summed E-state index contributed by atoms with van der Waals surface area (Å²) in [6.07, 6.45) is 1.02. The smallest absolute Gasteiger partial charge is 0.277 e. The minimum Gasteiger partial charge on any atom is -0.411 e. The Balaban J connectivity index is 1.71. The molecule has 0 aliphatic carbocycles. The fourth-order valence-corrected chi connectivity index (χ4v) is 2.47. The molecule has 1 heterocycles. The molecular formula is C17H23N3O3S. The Morgan fingerprint density at radius 2 is 2.04 bits per heavy atom. The maximum absolute atomic E-state index is 11.8. The largest absolute Gasteiger partial charge is 0.411 e. The maximum atomic E-state index is 11.8. The van der Waals surface area contributed by atoms with E-state index in [1.807, 2.05) is 45.0 Å². The molecule has 1 N–H and O–H groups in total. The molecule has 0 saturated heterocycles. The van der Waals surface area contributed by atoms with E-state index in [0.717, 1.165) is 12.0 Å². The minimum atomic E-state index is -0.0559. The molecule has 2 aromatic rings. The second kappa shape index (κ2) is 9.44. The van der Waals surface area contributed by atoms with Crippen molar-refractivity contribution in [3.8, 4) is 11.5 Å². The standard InChI is InChI=1S/C17H23N3O3S/c1-12(2)22-10-4-9-18-15(21)11-24-17-20-19-16(23-17)14-7-5-13(3)6-8-14/h5-8,12H,4,9-11H2,1-3H3,(H,18,21). The number of nitrogens with zero attached hydrogens (tertiary/aromatic N) is 2. The summed E-state index contributed by atoms with van der Waals surface area (Å²) in [6, 6.07) is 7.85. The summed E-state index contributed by atoms with van der Waals surface area (Å²) in [5.74, 6) is 0.656. The van der Waals surface area contributed by atoms with Crippen molar-refractivity contribution in [2.45, 2.75) is 38.5 Å². The number of benzene rings is 1. The Kier molecular flexibility index (Phi) is 7.27. The molecule has 0 bridgehead atoms. The van der Waals surface area contributed by atoms with Crippen LogP contribution in [0.15, 0.2) is 33.9 Å². The monoisotopic (exact) mass is 349 g/mol. The molecule has 0 radical (unpaired) electrons. The molecule has 130 valence electrons. The van der Waals surface area contributed by atoms with Crippen LogP contribution in [0.3, 0.4) is 0 Å². The molecule has 0 saturated carbocycles. The number of hydrogen-bond donors (Lipinski definition) is 1. The fraction of sp³-hybridized carbons (Fsp3) is 0.471. The molecule has 2 rings (SSSR count). The van der Waals surface area contributed by atoms with Crippen molar-refractivity contribution in [3.05, 3.63) is 29.8 Å². The van der Waals surface area contributed by atoms with Gasteiger partial charge in [0.15, 0.2) is 0 Å². The van der Waals surface area contributed by atoms with Gasteiger partial charge >= 0.3 is 0 Å². The first-order valence-electron chi connectivity index (χ1n) is 7.96. The van der Waals surface area contributed by atoms with E-state index in [1.165, 1.54) is 17.3 Å². The van der Waals surface area contributed by atoms with Crippen molar-refractivity contribution in [1.29, 1.82) is 0 Å². The van der Waals surface area contributed by atoms with Gasteiger partial charge in [0, 0.05) is 18.7 Å². The van der Waals surface area contributed by atoms with Gasteiger partial charge in [0.25, 0.3) is 5.22 Å². The van der Waals surface area contributed by atoms with Crippen LogP contribution in [0.5, 0.6) is 0 Å². The highest BCUT2D eigenvalue weighted by atomic mass is 32.2. The molecule has 1 amide bonds. The van der Waals surface area contributed by atoms with Crippen LogP contribution < -0.4 is 5.32 Å². The van der Waals surface area contributed by atoms with Gasteiger partial charge in [0.05, 0.1) is 11.9 Å². The van der Waals surface area contributed by atoms with Crippen LogP contribution >= 0.6 is 11.8 Å². The summed E-state index contributed by atoms with van der Waals surface area (Å²) in [5, 5.41) is 11.2. The van der Waals surface area contributed by atoms with Gasteiger partial charge in [-0.1, -0.05) is 29.5 Å².